The number of carbonyl (C=O) groups excluding carboxylic acids is 1. The molecule has 0 unspecified atom stereocenters. The largest absolute Gasteiger partial charge is 0.294 e. The van der Waals surface area contributed by atoms with Gasteiger partial charge < -0.3 is 0 Å². The second kappa shape index (κ2) is 6.13. The Balaban J connectivity index is 1.98. The first-order valence-electron chi connectivity index (χ1n) is 6.37. The number of aryl methyl sites for hydroxylation is 2. The van der Waals surface area contributed by atoms with Gasteiger partial charge in [-0.25, -0.2) is 0 Å². The van der Waals surface area contributed by atoms with E-state index in [-0.39, 0.29) is 5.78 Å². The Bertz CT molecular complexity index is 560. The molecular weight excluding hydrogens is 254 g/mol. The second-order valence-corrected chi connectivity index (χ2v) is 6.01. The van der Waals surface area contributed by atoms with Gasteiger partial charge in [-0.15, -0.1) is 11.3 Å². The van der Waals surface area contributed by atoms with Gasteiger partial charge in [-0.2, -0.15) is 0 Å². The molecule has 19 heavy (non-hydrogen) atoms. The van der Waals surface area contributed by atoms with E-state index in [0.717, 1.165) is 12.1 Å². The summed E-state index contributed by atoms with van der Waals surface area (Å²) in [6.45, 7) is 5.39. The van der Waals surface area contributed by atoms with E-state index in [9.17, 15) is 4.79 Å². The highest BCUT2D eigenvalue weighted by atomic mass is 32.1. The number of likely N-dealkylation sites (N-methyl/N-ethyl adjacent to an activating group) is 1. The molecule has 0 atom stereocenters. The lowest BCUT2D eigenvalue weighted by molar-refractivity contribution is 0.0943. The predicted molar refractivity (Wildman–Crippen MR) is 80.9 cm³/mol. The Labute approximate surface area is 118 Å². The molecule has 1 heterocycles. The summed E-state index contributed by atoms with van der Waals surface area (Å²) in [5.41, 5.74) is 3.20. The maximum atomic E-state index is 12.2. The molecule has 1 aromatic heterocycles. The quantitative estimate of drug-likeness (QED) is 0.775. The summed E-state index contributed by atoms with van der Waals surface area (Å²) >= 11 is 1.73. The average molecular weight is 273 g/mol. The number of hydrogen-bond acceptors (Lipinski definition) is 3. The van der Waals surface area contributed by atoms with Crippen molar-refractivity contribution in [2.45, 2.75) is 20.4 Å². The number of rotatable bonds is 5. The van der Waals surface area contributed by atoms with E-state index >= 15 is 0 Å². The van der Waals surface area contributed by atoms with Crippen LogP contribution < -0.4 is 0 Å². The topological polar surface area (TPSA) is 20.3 Å². The lowest BCUT2D eigenvalue weighted by Crippen LogP contribution is -2.25. The maximum Gasteiger partial charge on any atom is 0.176 e. The van der Waals surface area contributed by atoms with Gasteiger partial charge in [-0.3, -0.25) is 9.69 Å². The molecule has 0 spiro atoms. The van der Waals surface area contributed by atoms with Crippen LogP contribution in [0.15, 0.2) is 35.7 Å². The number of ketones is 1. The van der Waals surface area contributed by atoms with Gasteiger partial charge in [-0.1, -0.05) is 18.2 Å². The van der Waals surface area contributed by atoms with E-state index in [2.05, 4.69) is 23.3 Å². The fourth-order valence-electron chi connectivity index (χ4n) is 1.98. The first-order valence-corrected chi connectivity index (χ1v) is 7.25. The molecule has 2 aromatic rings. The Morgan fingerprint density at radius 1 is 1.21 bits per heavy atom. The highest BCUT2D eigenvalue weighted by Crippen LogP contribution is 2.13. The molecule has 2 rings (SSSR count). The zero-order valence-electron chi connectivity index (χ0n) is 11.6. The van der Waals surface area contributed by atoms with Gasteiger partial charge in [-0.05, 0) is 49.5 Å². The van der Waals surface area contributed by atoms with Gasteiger partial charge in [0.25, 0.3) is 0 Å². The fraction of sp³-hybridized carbons (Fsp3) is 0.312. The maximum absolute atomic E-state index is 12.2. The van der Waals surface area contributed by atoms with Crippen LogP contribution in [-0.4, -0.2) is 24.3 Å². The molecule has 0 amide bonds. The zero-order chi connectivity index (χ0) is 13.8. The molecule has 0 radical (unpaired) electrons. The van der Waals surface area contributed by atoms with E-state index in [1.165, 1.54) is 16.0 Å². The normalized spacial score (nSPS) is 10.9. The van der Waals surface area contributed by atoms with E-state index in [1.807, 2.05) is 38.2 Å². The summed E-state index contributed by atoms with van der Waals surface area (Å²) < 4.78 is 0. The number of Topliss-reactive ketones (excluding diaryl/α,β-unsaturated/α-hetero) is 1. The molecule has 0 bridgehead atoms. The number of nitrogens with zero attached hydrogens (tertiary/aromatic N) is 1. The van der Waals surface area contributed by atoms with Crippen molar-refractivity contribution in [2.75, 3.05) is 13.6 Å². The van der Waals surface area contributed by atoms with Crippen LogP contribution in [0.1, 0.15) is 26.4 Å². The fourth-order valence-corrected chi connectivity index (χ4v) is 2.76. The molecule has 1 aromatic carbocycles. The third kappa shape index (κ3) is 3.75. The van der Waals surface area contributed by atoms with Crippen LogP contribution in [0.25, 0.3) is 0 Å². The van der Waals surface area contributed by atoms with Crippen LogP contribution in [0.2, 0.25) is 0 Å². The highest BCUT2D eigenvalue weighted by Gasteiger charge is 2.10. The van der Waals surface area contributed by atoms with Crippen molar-refractivity contribution in [3.8, 4) is 0 Å². The molecule has 0 aliphatic rings. The zero-order valence-corrected chi connectivity index (χ0v) is 12.5. The SMILES string of the molecule is Cc1ccc(C(=O)CN(C)Cc2cccs2)cc1C. The predicted octanol–water partition coefficient (Wildman–Crippen LogP) is 3.68. The molecule has 3 heteroatoms. The van der Waals surface area contributed by atoms with Crippen molar-refractivity contribution in [3.05, 3.63) is 57.3 Å². The van der Waals surface area contributed by atoms with Gasteiger partial charge in [0.15, 0.2) is 5.78 Å². The Hall–Kier alpha value is -1.45. The minimum atomic E-state index is 0.183. The van der Waals surface area contributed by atoms with E-state index in [1.54, 1.807) is 11.3 Å². The molecule has 0 fully saturated rings. The summed E-state index contributed by atoms with van der Waals surface area (Å²) in [4.78, 5) is 15.6. The molecule has 0 N–H and O–H groups in total. The number of thiophene rings is 1. The summed E-state index contributed by atoms with van der Waals surface area (Å²) in [5.74, 6) is 0.183. The standard InChI is InChI=1S/C16H19NOS/c1-12-6-7-14(9-13(12)2)16(18)11-17(3)10-15-5-4-8-19-15/h4-9H,10-11H2,1-3H3. The van der Waals surface area contributed by atoms with Gasteiger partial charge in [0, 0.05) is 17.0 Å². The van der Waals surface area contributed by atoms with Crippen molar-refractivity contribution in [1.29, 1.82) is 0 Å². The molecule has 0 saturated carbocycles. The minimum absolute atomic E-state index is 0.183. The van der Waals surface area contributed by atoms with Gasteiger partial charge in [0.1, 0.15) is 0 Å². The first-order chi connectivity index (χ1) is 9.06. The average Bonchev–Trinajstić information content (AvgIpc) is 2.85. The number of hydrogen-bond donors (Lipinski definition) is 0. The third-order valence-electron chi connectivity index (χ3n) is 3.25. The monoisotopic (exact) mass is 273 g/mol. The molecule has 2 nitrogen and oxygen atoms in total. The Kier molecular flexibility index (Phi) is 4.51. The highest BCUT2D eigenvalue weighted by molar-refractivity contribution is 7.09. The lowest BCUT2D eigenvalue weighted by atomic mass is 10.0. The van der Waals surface area contributed by atoms with Gasteiger partial charge >= 0.3 is 0 Å². The van der Waals surface area contributed by atoms with Crippen LogP contribution in [0, 0.1) is 13.8 Å². The van der Waals surface area contributed by atoms with E-state index in [4.69, 9.17) is 0 Å². The van der Waals surface area contributed by atoms with Gasteiger partial charge in [0.2, 0.25) is 0 Å². The number of benzene rings is 1. The lowest BCUT2D eigenvalue weighted by Gasteiger charge is -2.15. The van der Waals surface area contributed by atoms with E-state index in [0.29, 0.717) is 6.54 Å². The Morgan fingerprint density at radius 2 is 2.00 bits per heavy atom. The van der Waals surface area contributed by atoms with Crippen molar-refractivity contribution >= 4 is 17.1 Å². The van der Waals surface area contributed by atoms with Crippen LogP contribution in [0.3, 0.4) is 0 Å². The van der Waals surface area contributed by atoms with Crippen LogP contribution in [0.4, 0.5) is 0 Å². The van der Waals surface area contributed by atoms with Crippen molar-refractivity contribution in [1.82, 2.24) is 4.90 Å². The molecule has 0 aliphatic carbocycles. The molecular formula is C16H19NOS. The van der Waals surface area contributed by atoms with Crippen LogP contribution in [0.5, 0.6) is 0 Å². The minimum Gasteiger partial charge on any atom is -0.294 e. The summed E-state index contributed by atoms with van der Waals surface area (Å²) in [5, 5.41) is 2.06. The van der Waals surface area contributed by atoms with Crippen molar-refractivity contribution in [2.24, 2.45) is 0 Å². The Morgan fingerprint density at radius 3 is 2.63 bits per heavy atom. The summed E-state index contributed by atoms with van der Waals surface area (Å²) in [6, 6.07) is 10.1. The third-order valence-corrected chi connectivity index (χ3v) is 4.11. The van der Waals surface area contributed by atoms with Crippen molar-refractivity contribution < 1.29 is 4.79 Å². The first kappa shape index (κ1) is 14.0. The van der Waals surface area contributed by atoms with Crippen LogP contribution in [-0.2, 0) is 6.54 Å². The smallest absolute Gasteiger partial charge is 0.176 e. The van der Waals surface area contributed by atoms with Crippen LogP contribution >= 0.6 is 11.3 Å². The number of carbonyl (C=O) groups is 1. The molecule has 0 saturated heterocycles. The molecule has 100 valence electrons. The summed E-state index contributed by atoms with van der Waals surface area (Å²) in [6.07, 6.45) is 0. The van der Waals surface area contributed by atoms with Crippen molar-refractivity contribution in [3.63, 3.8) is 0 Å². The van der Waals surface area contributed by atoms with E-state index < -0.39 is 0 Å². The van der Waals surface area contributed by atoms with Gasteiger partial charge in [0.05, 0.1) is 6.54 Å². The summed E-state index contributed by atoms with van der Waals surface area (Å²) in [7, 11) is 1.98. The second-order valence-electron chi connectivity index (χ2n) is 4.97. The molecule has 0 aliphatic heterocycles.